The summed E-state index contributed by atoms with van der Waals surface area (Å²) >= 11 is 0. The van der Waals surface area contributed by atoms with E-state index in [9.17, 15) is 8.78 Å². The molecule has 0 amide bonds. The van der Waals surface area contributed by atoms with E-state index in [1.807, 2.05) is 6.07 Å². The summed E-state index contributed by atoms with van der Waals surface area (Å²) in [6, 6.07) is 10.4. The van der Waals surface area contributed by atoms with Crippen LogP contribution in [-0.4, -0.2) is 45.3 Å². The van der Waals surface area contributed by atoms with Crippen molar-refractivity contribution in [1.29, 1.82) is 0 Å². The lowest BCUT2D eigenvalue weighted by molar-refractivity contribution is 0.357. The van der Waals surface area contributed by atoms with Crippen LogP contribution < -0.4 is 20.3 Å². The average molecular weight is 528 g/mol. The Morgan fingerprint density at radius 1 is 1.23 bits per heavy atom. The van der Waals surface area contributed by atoms with Crippen LogP contribution in [0.15, 0.2) is 41.4 Å². The Labute approximate surface area is 192 Å². The van der Waals surface area contributed by atoms with Crippen LogP contribution in [0.5, 0.6) is 5.75 Å². The highest BCUT2D eigenvalue weighted by Gasteiger charge is 2.27. The van der Waals surface area contributed by atoms with Gasteiger partial charge in [0, 0.05) is 39.1 Å². The van der Waals surface area contributed by atoms with Gasteiger partial charge >= 0.3 is 0 Å². The van der Waals surface area contributed by atoms with Crippen molar-refractivity contribution in [2.75, 3.05) is 38.2 Å². The van der Waals surface area contributed by atoms with Gasteiger partial charge in [0.05, 0.1) is 6.61 Å². The van der Waals surface area contributed by atoms with Gasteiger partial charge in [-0.05, 0) is 42.2 Å². The highest BCUT2D eigenvalue weighted by Crippen LogP contribution is 2.27. The van der Waals surface area contributed by atoms with Gasteiger partial charge in [-0.25, -0.2) is 8.78 Å². The van der Waals surface area contributed by atoms with Gasteiger partial charge in [0.2, 0.25) is 0 Å². The van der Waals surface area contributed by atoms with Crippen molar-refractivity contribution in [3.05, 3.63) is 59.2 Å². The topological polar surface area (TPSA) is 48.9 Å². The van der Waals surface area contributed by atoms with Crippen LogP contribution in [0.25, 0.3) is 0 Å². The molecule has 2 aliphatic rings. The average Bonchev–Trinajstić information content (AvgIpc) is 3.36. The lowest BCUT2D eigenvalue weighted by Crippen LogP contribution is -2.45. The van der Waals surface area contributed by atoms with Gasteiger partial charge in [-0.2, -0.15) is 0 Å². The summed E-state index contributed by atoms with van der Waals surface area (Å²) in [6.45, 7) is 2.65. The number of benzene rings is 2. The third kappa shape index (κ3) is 5.14. The Balaban J connectivity index is 0.00000256. The predicted molar refractivity (Wildman–Crippen MR) is 126 cm³/mol. The zero-order valence-electron chi connectivity index (χ0n) is 17.0. The molecule has 2 N–H and O–H groups in total. The van der Waals surface area contributed by atoms with E-state index in [0.717, 1.165) is 38.2 Å². The molecule has 162 valence electrons. The van der Waals surface area contributed by atoms with Crippen molar-refractivity contribution in [1.82, 2.24) is 10.6 Å². The molecule has 0 aromatic heterocycles. The Bertz CT molecular complexity index is 888. The lowest BCUT2D eigenvalue weighted by atomic mass is 10.1. The number of nitrogens with one attached hydrogen (secondary N) is 2. The fourth-order valence-corrected chi connectivity index (χ4v) is 3.98. The molecule has 0 spiro atoms. The molecule has 2 aromatic rings. The normalized spacial score (nSPS) is 17.9. The van der Waals surface area contributed by atoms with Crippen molar-refractivity contribution in [3.8, 4) is 5.75 Å². The fraction of sp³-hybridized carbons (Fsp3) is 0.409. The summed E-state index contributed by atoms with van der Waals surface area (Å²) in [5, 5.41) is 6.70. The van der Waals surface area contributed by atoms with Gasteiger partial charge in [-0.1, -0.05) is 18.2 Å². The highest BCUT2D eigenvalue weighted by molar-refractivity contribution is 14.0. The molecule has 4 rings (SSSR count). The number of rotatable bonds is 5. The maximum Gasteiger partial charge on any atom is 0.191 e. The van der Waals surface area contributed by atoms with Gasteiger partial charge in [-0.15, -0.1) is 24.0 Å². The fourth-order valence-electron chi connectivity index (χ4n) is 3.98. The number of nitrogens with zero attached hydrogens (tertiary/aromatic N) is 2. The molecule has 1 fully saturated rings. The Morgan fingerprint density at radius 2 is 2.03 bits per heavy atom. The maximum atomic E-state index is 14.0. The van der Waals surface area contributed by atoms with E-state index >= 15 is 0 Å². The monoisotopic (exact) mass is 528 g/mol. The minimum Gasteiger partial charge on any atom is -0.493 e. The summed E-state index contributed by atoms with van der Waals surface area (Å²) in [5.74, 6) is 0.660. The van der Waals surface area contributed by atoms with E-state index in [0.29, 0.717) is 19.0 Å². The van der Waals surface area contributed by atoms with E-state index in [4.69, 9.17) is 4.74 Å². The van der Waals surface area contributed by atoms with E-state index in [-0.39, 0.29) is 35.7 Å². The second kappa shape index (κ2) is 10.3. The summed E-state index contributed by atoms with van der Waals surface area (Å²) in [5.41, 5.74) is 2.59. The van der Waals surface area contributed by atoms with E-state index in [1.165, 1.54) is 29.3 Å². The first-order valence-electron chi connectivity index (χ1n) is 10.0. The molecule has 8 heteroatoms. The maximum absolute atomic E-state index is 14.0. The molecule has 0 bridgehead atoms. The Morgan fingerprint density at radius 3 is 2.80 bits per heavy atom. The smallest absolute Gasteiger partial charge is 0.191 e. The van der Waals surface area contributed by atoms with Crippen LogP contribution in [0, 0.1) is 11.6 Å². The summed E-state index contributed by atoms with van der Waals surface area (Å²) in [7, 11) is 1.73. The molecule has 2 aromatic carbocycles. The number of halogens is 3. The van der Waals surface area contributed by atoms with Crippen molar-refractivity contribution in [3.63, 3.8) is 0 Å². The standard InChI is InChI=1S/C22H26F2N4O.HI/c1-25-22(26-10-7-15-5-6-20-16(13-15)9-12-29-20)27-17-8-11-28(14-17)21-18(23)3-2-4-19(21)24;/h2-6,13,17H,7-12,14H2,1H3,(H2,25,26,27);1H. The molecule has 0 aliphatic carbocycles. The van der Waals surface area contributed by atoms with Gasteiger partial charge in [0.1, 0.15) is 23.1 Å². The molecular weight excluding hydrogens is 501 g/mol. The van der Waals surface area contributed by atoms with Crippen LogP contribution >= 0.6 is 24.0 Å². The summed E-state index contributed by atoms with van der Waals surface area (Å²) in [6.07, 6.45) is 2.64. The molecule has 0 radical (unpaired) electrons. The number of fused-ring (bicyclic) bond motifs is 1. The number of hydrogen-bond acceptors (Lipinski definition) is 3. The summed E-state index contributed by atoms with van der Waals surface area (Å²) < 4.78 is 33.6. The molecule has 1 atom stereocenters. The molecule has 30 heavy (non-hydrogen) atoms. The molecular formula is C22H27F2IN4O. The number of aliphatic imine (C=N–C) groups is 1. The van der Waals surface area contributed by atoms with Gasteiger partial charge in [0.15, 0.2) is 5.96 Å². The highest BCUT2D eigenvalue weighted by atomic mass is 127. The zero-order chi connectivity index (χ0) is 20.2. The minimum atomic E-state index is -0.520. The minimum absolute atomic E-state index is 0. The Kier molecular flexibility index (Phi) is 7.74. The first-order valence-corrected chi connectivity index (χ1v) is 10.0. The van der Waals surface area contributed by atoms with Gasteiger partial charge in [-0.3, -0.25) is 4.99 Å². The van der Waals surface area contributed by atoms with Crippen LogP contribution in [0.2, 0.25) is 0 Å². The van der Waals surface area contributed by atoms with E-state index in [1.54, 1.807) is 11.9 Å². The van der Waals surface area contributed by atoms with Crippen molar-refractivity contribution >= 4 is 35.6 Å². The molecule has 0 saturated carbocycles. The largest absolute Gasteiger partial charge is 0.493 e. The molecule has 5 nitrogen and oxygen atoms in total. The number of para-hydroxylation sites is 1. The van der Waals surface area contributed by atoms with Crippen LogP contribution in [0.3, 0.4) is 0 Å². The van der Waals surface area contributed by atoms with Gasteiger partial charge < -0.3 is 20.3 Å². The third-order valence-electron chi connectivity index (χ3n) is 5.47. The number of hydrogen-bond donors (Lipinski definition) is 2. The molecule has 1 unspecified atom stereocenters. The van der Waals surface area contributed by atoms with Gasteiger partial charge in [0.25, 0.3) is 0 Å². The van der Waals surface area contributed by atoms with Crippen molar-refractivity contribution in [2.45, 2.75) is 25.3 Å². The molecule has 2 heterocycles. The van der Waals surface area contributed by atoms with Crippen LogP contribution in [0.4, 0.5) is 14.5 Å². The van der Waals surface area contributed by atoms with Crippen molar-refractivity contribution < 1.29 is 13.5 Å². The van der Waals surface area contributed by atoms with Crippen molar-refractivity contribution in [2.24, 2.45) is 4.99 Å². The quantitative estimate of drug-likeness (QED) is 0.355. The SMILES string of the molecule is CN=C(NCCc1ccc2c(c1)CCO2)NC1CCN(c2c(F)cccc2F)C1.I. The zero-order valence-corrected chi connectivity index (χ0v) is 19.3. The third-order valence-corrected chi connectivity index (χ3v) is 5.47. The van der Waals surface area contributed by atoms with E-state index < -0.39 is 11.6 Å². The number of anilines is 1. The number of ether oxygens (including phenoxy) is 1. The predicted octanol–water partition coefficient (Wildman–Crippen LogP) is 3.50. The molecule has 2 aliphatic heterocycles. The number of guanidine groups is 1. The first kappa shape index (κ1) is 22.6. The van der Waals surface area contributed by atoms with E-state index in [2.05, 4.69) is 27.8 Å². The lowest BCUT2D eigenvalue weighted by Gasteiger charge is -2.21. The van der Waals surface area contributed by atoms with Crippen LogP contribution in [0.1, 0.15) is 17.5 Å². The summed E-state index contributed by atoms with van der Waals surface area (Å²) in [4.78, 5) is 6.03. The second-order valence-corrected chi connectivity index (χ2v) is 7.44. The first-order chi connectivity index (χ1) is 14.1. The van der Waals surface area contributed by atoms with Crippen LogP contribution in [-0.2, 0) is 12.8 Å². The Hall–Kier alpha value is -2.10. The molecule has 1 saturated heterocycles. The second-order valence-electron chi connectivity index (χ2n) is 7.44.